The van der Waals surface area contributed by atoms with E-state index in [2.05, 4.69) is 20.6 Å². The summed E-state index contributed by atoms with van der Waals surface area (Å²) in [6, 6.07) is 7.31. The number of nitrogens with zero attached hydrogens (tertiary/aromatic N) is 1. The van der Waals surface area contributed by atoms with Crippen LogP contribution in [0.1, 0.15) is 36.0 Å². The summed E-state index contributed by atoms with van der Waals surface area (Å²) in [6.45, 7) is 0. The van der Waals surface area contributed by atoms with Crippen molar-refractivity contribution in [2.24, 2.45) is 5.92 Å². The topological polar surface area (TPSA) is 69.8 Å². The average molecular weight is 471 g/mol. The number of benzene rings is 2. The number of carbonyl (C=O) groups is 1. The third kappa shape index (κ3) is 4.75. The van der Waals surface area contributed by atoms with Crippen LogP contribution in [0, 0.1) is 11.7 Å². The van der Waals surface area contributed by atoms with Crippen LogP contribution in [0.3, 0.4) is 0 Å². The predicted molar refractivity (Wildman–Crippen MR) is 115 cm³/mol. The molecule has 1 aromatic heterocycles. The number of anilines is 2. The lowest BCUT2D eigenvalue weighted by Crippen LogP contribution is -2.38. The molecule has 0 radical (unpaired) electrons. The summed E-state index contributed by atoms with van der Waals surface area (Å²) >= 11 is 12.3. The quantitative estimate of drug-likeness (QED) is 0.409. The van der Waals surface area contributed by atoms with Crippen molar-refractivity contribution in [2.75, 3.05) is 5.32 Å². The molecule has 0 atom stereocenters. The first kappa shape index (κ1) is 21.8. The maximum atomic E-state index is 14.6. The summed E-state index contributed by atoms with van der Waals surface area (Å²) in [5, 5.41) is 6.49. The molecule has 1 aliphatic rings. The van der Waals surface area contributed by atoms with Gasteiger partial charge in [-0.1, -0.05) is 29.3 Å². The molecule has 1 heterocycles. The summed E-state index contributed by atoms with van der Waals surface area (Å²) < 4.78 is 40.2. The van der Waals surface area contributed by atoms with Gasteiger partial charge in [0.2, 0.25) is 12.4 Å². The van der Waals surface area contributed by atoms with Gasteiger partial charge in [0.25, 0.3) is 5.91 Å². The van der Waals surface area contributed by atoms with Crippen molar-refractivity contribution >= 4 is 51.8 Å². The molecular weight excluding hydrogens is 452 g/mol. The first-order chi connectivity index (χ1) is 14.8. The Hall–Kier alpha value is -2.45. The van der Waals surface area contributed by atoms with E-state index < -0.39 is 24.1 Å². The number of para-hydroxylation sites is 1. The van der Waals surface area contributed by atoms with Crippen molar-refractivity contribution in [3.8, 4) is 0 Å². The van der Waals surface area contributed by atoms with Gasteiger partial charge >= 0.3 is 0 Å². The third-order valence-electron chi connectivity index (χ3n) is 5.48. The predicted octanol–water partition coefficient (Wildman–Crippen LogP) is 6.31. The molecule has 0 unspecified atom stereocenters. The number of hydrogen-bond acceptors (Lipinski definition) is 3. The Labute approximate surface area is 186 Å². The number of imidazole rings is 1. The molecule has 31 heavy (non-hydrogen) atoms. The number of alkyl halides is 2. The Kier molecular flexibility index (Phi) is 6.29. The first-order valence-electron chi connectivity index (χ1n) is 9.81. The number of hydrogen-bond donors (Lipinski definition) is 3. The molecule has 2 aromatic carbocycles. The van der Waals surface area contributed by atoms with E-state index in [1.165, 1.54) is 12.1 Å². The summed E-state index contributed by atoms with van der Waals surface area (Å²) in [5.41, 5.74) is 1.05. The number of nitrogens with one attached hydrogen (secondary N) is 3. The van der Waals surface area contributed by atoms with E-state index in [9.17, 15) is 18.0 Å². The molecule has 4 rings (SSSR count). The van der Waals surface area contributed by atoms with Crippen LogP contribution in [0.15, 0.2) is 30.3 Å². The molecule has 0 saturated heterocycles. The molecule has 1 fully saturated rings. The fourth-order valence-electron chi connectivity index (χ4n) is 3.78. The molecule has 3 N–H and O–H groups in total. The molecule has 164 valence electrons. The number of rotatable bonds is 5. The number of halogens is 5. The van der Waals surface area contributed by atoms with E-state index in [0.29, 0.717) is 52.4 Å². The smallest absolute Gasteiger partial charge is 0.254 e. The van der Waals surface area contributed by atoms with Gasteiger partial charge in [0.1, 0.15) is 5.82 Å². The Morgan fingerprint density at radius 1 is 1.13 bits per heavy atom. The van der Waals surface area contributed by atoms with Crippen LogP contribution in [-0.2, 0) is 0 Å². The van der Waals surface area contributed by atoms with Crippen molar-refractivity contribution in [1.29, 1.82) is 0 Å². The van der Waals surface area contributed by atoms with Crippen LogP contribution in [0.5, 0.6) is 0 Å². The molecule has 0 bridgehead atoms. The zero-order chi connectivity index (χ0) is 22.1. The Balaban J connectivity index is 1.50. The molecule has 0 aliphatic heterocycles. The van der Waals surface area contributed by atoms with Crippen LogP contribution in [0.25, 0.3) is 11.0 Å². The highest BCUT2D eigenvalue weighted by atomic mass is 35.5. The molecule has 1 amide bonds. The number of fused-ring (bicyclic) bond motifs is 1. The molecule has 5 nitrogen and oxygen atoms in total. The second kappa shape index (κ2) is 8.96. The van der Waals surface area contributed by atoms with E-state index in [1.54, 1.807) is 18.2 Å². The Morgan fingerprint density at radius 2 is 1.81 bits per heavy atom. The van der Waals surface area contributed by atoms with Gasteiger partial charge in [-0.2, -0.15) is 0 Å². The summed E-state index contributed by atoms with van der Waals surface area (Å²) in [7, 11) is 0. The van der Waals surface area contributed by atoms with Gasteiger partial charge in [0, 0.05) is 18.0 Å². The lowest BCUT2D eigenvalue weighted by atomic mass is 9.86. The zero-order valence-corrected chi connectivity index (χ0v) is 17.7. The fourth-order valence-corrected chi connectivity index (χ4v) is 4.27. The Morgan fingerprint density at radius 3 is 2.45 bits per heavy atom. The second-order valence-corrected chi connectivity index (χ2v) is 8.39. The van der Waals surface area contributed by atoms with E-state index in [-0.39, 0.29) is 17.6 Å². The minimum atomic E-state index is -2.35. The second-order valence-electron chi connectivity index (χ2n) is 7.58. The summed E-state index contributed by atoms with van der Waals surface area (Å²) in [6.07, 6.45) is -0.786. The molecule has 1 saturated carbocycles. The van der Waals surface area contributed by atoms with Crippen LogP contribution in [-0.4, -0.2) is 28.3 Å². The van der Waals surface area contributed by atoms with E-state index in [1.807, 2.05) is 0 Å². The van der Waals surface area contributed by atoms with Gasteiger partial charge in [-0.3, -0.25) is 4.79 Å². The Bertz CT molecular complexity index is 1090. The van der Waals surface area contributed by atoms with Crippen LogP contribution < -0.4 is 10.6 Å². The van der Waals surface area contributed by atoms with Crippen LogP contribution in [0.2, 0.25) is 10.0 Å². The zero-order valence-electron chi connectivity index (χ0n) is 16.2. The average Bonchev–Trinajstić information content (AvgIpc) is 3.11. The van der Waals surface area contributed by atoms with Gasteiger partial charge in [0.15, 0.2) is 0 Å². The van der Waals surface area contributed by atoms with E-state index >= 15 is 0 Å². The van der Waals surface area contributed by atoms with E-state index in [0.717, 1.165) is 0 Å². The summed E-state index contributed by atoms with van der Waals surface area (Å²) in [4.78, 5) is 19.8. The highest BCUT2D eigenvalue weighted by molar-refractivity contribution is 6.39. The minimum Gasteiger partial charge on any atom is -0.349 e. The first-order valence-corrected chi connectivity index (χ1v) is 10.6. The van der Waals surface area contributed by atoms with Crippen LogP contribution in [0.4, 0.5) is 24.8 Å². The van der Waals surface area contributed by atoms with Crippen molar-refractivity contribution in [3.63, 3.8) is 0 Å². The van der Waals surface area contributed by atoms with Crippen molar-refractivity contribution < 1.29 is 18.0 Å². The van der Waals surface area contributed by atoms with Gasteiger partial charge in [0.05, 0.1) is 32.3 Å². The molecule has 1 aliphatic carbocycles. The standard InChI is InChI=1S/C21H19Cl2F3N4O/c22-13-2-1-3-14(23)18(13)30-21-28-16-8-12(15(24)9-17(16)29-21)20(31)27-11-6-4-10(5-7-11)19(25)26/h1-3,8-11,19H,4-7H2,(H,27,31)(H2,28,29,30)/t10-,11-. The van der Waals surface area contributed by atoms with Crippen LogP contribution >= 0.6 is 23.2 Å². The number of amides is 1. The van der Waals surface area contributed by atoms with Gasteiger partial charge in [-0.15, -0.1) is 0 Å². The normalized spacial score (nSPS) is 19.0. The van der Waals surface area contributed by atoms with Gasteiger partial charge < -0.3 is 15.6 Å². The van der Waals surface area contributed by atoms with Gasteiger partial charge in [-0.05, 0) is 43.9 Å². The molecular formula is C21H19Cl2F3N4O. The molecule has 10 heteroatoms. The lowest BCUT2D eigenvalue weighted by molar-refractivity contribution is 0.0499. The largest absolute Gasteiger partial charge is 0.349 e. The number of carbonyl (C=O) groups excluding carboxylic acids is 1. The molecule has 3 aromatic rings. The lowest BCUT2D eigenvalue weighted by Gasteiger charge is -2.28. The number of H-pyrrole nitrogens is 1. The number of aromatic nitrogens is 2. The SMILES string of the molecule is O=C(N[C@H]1CC[C@H](C(F)F)CC1)c1cc2nc(Nc3c(Cl)cccc3Cl)[nH]c2cc1F. The van der Waals surface area contributed by atoms with E-state index in [4.69, 9.17) is 23.2 Å². The number of aromatic amines is 1. The molecule has 0 spiro atoms. The van der Waals surface area contributed by atoms with Crippen molar-refractivity contribution in [1.82, 2.24) is 15.3 Å². The van der Waals surface area contributed by atoms with Crippen molar-refractivity contribution in [2.45, 2.75) is 38.2 Å². The summed E-state index contributed by atoms with van der Waals surface area (Å²) in [5.74, 6) is -1.65. The van der Waals surface area contributed by atoms with Gasteiger partial charge in [-0.25, -0.2) is 18.2 Å². The van der Waals surface area contributed by atoms with Crippen molar-refractivity contribution in [3.05, 3.63) is 51.8 Å². The fraction of sp³-hybridized carbons (Fsp3) is 0.333. The highest BCUT2D eigenvalue weighted by Crippen LogP contribution is 2.33. The third-order valence-corrected chi connectivity index (χ3v) is 6.11. The maximum absolute atomic E-state index is 14.6. The highest BCUT2D eigenvalue weighted by Gasteiger charge is 2.28. The monoisotopic (exact) mass is 470 g/mol. The minimum absolute atomic E-state index is 0.155. The maximum Gasteiger partial charge on any atom is 0.254 e.